The second-order valence-corrected chi connectivity index (χ2v) is 8.34. The van der Waals surface area contributed by atoms with Gasteiger partial charge in [0.15, 0.2) is 0 Å². The fourth-order valence-electron chi connectivity index (χ4n) is 4.22. The van der Waals surface area contributed by atoms with Crippen molar-refractivity contribution in [3.05, 3.63) is 0 Å². The van der Waals surface area contributed by atoms with Crippen molar-refractivity contribution in [2.24, 2.45) is 17.8 Å². The Kier molecular flexibility index (Phi) is 8.64. The fourth-order valence-corrected chi connectivity index (χ4v) is 4.22. The third-order valence-corrected chi connectivity index (χ3v) is 5.83. The largest absolute Gasteiger partial charge is 0.450 e. The van der Waals surface area contributed by atoms with Gasteiger partial charge in [0.25, 0.3) is 0 Å². The molecule has 2 fully saturated rings. The predicted molar refractivity (Wildman–Crippen MR) is 102 cm³/mol. The molecule has 0 aromatic carbocycles. The van der Waals surface area contributed by atoms with Crippen molar-refractivity contribution in [2.75, 3.05) is 45.9 Å². The van der Waals surface area contributed by atoms with Gasteiger partial charge < -0.3 is 19.5 Å². The average molecular weight is 371 g/mol. The summed E-state index contributed by atoms with van der Waals surface area (Å²) >= 11 is 0. The van der Waals surface area contributed by atoms with Crippen molar-refractivity contribution in [2.45, 2.75) is 59.2 Å². The molecule has 152 valence electrons. The summed E-state index contributed by atoms with van der Waals surface area (Å²) in [6.07, 6.45) is 3.18. The Hall–Kier alpha value is -0.850. The lowest BCUT2D eigenvalue weighted by atomic mass is 9.75. The molecular weight excluding hydrogens is 332 g/mol. The maximum atomic E-state index is 11.7. The van der Waals surface area contributed by atoms with Crippen LogP contribution in [0.4, 0.5) is 4.79 Å². The number of nitrogens with zero attached hydrogens (tertiary/aromatic N) is 2. The van der Waals surface area contributed by atoms with E-state index in [-0.39, 0.29) is 12.2 Å². The molecule has 0 bridgehead atoms. The zero-order valence-electron chi connectivity index (χ0n) is 17.0. The molecule has 2 aliphatic rings. The second-order valence-electron chi connectivity index (χ2n) is 8.34. The Morgan fingerprint density at radius 2 is 1.88 bits per heavy atom. The van der Waals surface area contributed by atoms with Crippen molar-refractivity contribution in [1.82, 2.24) is 9.80 Å². The third kappa shape index (κ3) is 6.39. The molecule has 1 heterocycles. The Labute approximate surface area is 158 Å². The lowest BCUT2D eigenvalue weighted by molar-refractivity contribution is -0.0752. The number of ether oxygens (including phenoxy) is 2. The molecule has 6 heteroatoms. The van der Waals surface area contributed by atoms with E-state index in [0.29, 0.717) is 50.6 Å². The number of amides is 1. The molecule has 0 aromatic heterocycles. The Balaban J connectivity index is 1.70. The minimum Gasteiger partial charge on any atom is -0.450 e. The van der Waals surface area contributed by atoms with Crippen LogP contribution in [0.2, 0.25) is 0 Å². The van der Waals surface area contributed by atoms with Gasteiger partial charge in [-0.15, -0.1) is 0 Å². The smallest absolute Gasteiger partial charge is 0.409 e. The van der Waals surface area contributed by atoms with Crippen LogP contribution in [-0.4, -0.2) is 79.1 Å². The number of aliphatic hydroxyl groups excluding tert-OH is 1. The fraction of sp³-hybridized carbons (Fsp3) is 0.950. The third-order valence-electron chi connectivity index (χ3n) is 5.83. The summed E-state index contributed by atoms with van der Waals surface area (Å²) in [4.78, 5) is 15.7. The number of rotatable bonds is 7. The molecule has 6 nitrogen and oxygen atoms in total. The standard InChI is InChI=1S/C20H38N2O4/c1-5-25-20(24)22-10-8-21(9-11-22)13-17(23)14-26-19-12-16(4)6-7-18(19)15(2)3/h15-19,23H,5-14H2,1-4H3/t16-,17+,18+,19+/m0/s1. The summed E-state index contributed by atoms with van der Waals surface area (Å²) in [5.74, 6) is 1.94. The van der Waals surface area contributed by atoms with Crippen molar-refractivity contribution >= 4 is 6.09 Å². The number of carbonyl (C=O) groups is 1. The van der Waals surface area contributed by atoms with Crippen molar-refractivity contribution < 1.29 is 19.4 Å². The first-order valence-corrected chi connectivity index (χ1v) is 10.3. The van der Waals surface area contributed by atoms with Gasteiger partial charge in [0.1, 0.15) is 0 Å². The van der Waals surface area contributed by atoms with Crippen LogP contribution in [0.5, 0.6) is 0 Å². The van der Waals surface area contributed by atoms with Crippen LogP contribution in [0, 0.1) is 17.8 Å². The van der Waals surface area contributed by atoms with Gasteiger partial charge in [0.05, 0.1) is 25.4 Å². The highest BCUT2D eigenvalue weighted by molar-refractivity contribution is 5.67. The SMILES string of the molecule is CCOC(=O)N1CCN(C[C@@H](O)CO[C@@H]2C[C@@H](C)CC[C@@H]2C(C)C)CC1. The molecule has 4 atom stereocenters. The lowest BCUT2D eigenvalue weighted by Crippen LogP contribution is -2.51. The summed E-state index contributed by atoms with van der Waals surface area (Å²) in [5, 5.41) is 10.4. The molecule has 0 radical (unpaired) electrons. The first-order valence-electron chi connectivity index (χ1n) is 10.3. The van der Waals surface area contributed by atoms with Gasteiger partial charge >= 0.3 is 6.09 Å². The number of hydrogen-bond acceptors (Lipinski definition) is 5. The summed E-state index contributed by atoms with van der Waals surface area (Å²) in [5.41, 5.74) is 0. The highest BCUT2D eigenvalue weighted by Crippen LogP contribution is 2.35. The van der Waals surface area contributed by atoms with Crippen molar-refractivity contribution in [3.8, 4) is 0 Å². The topological polar surface area (TPSA) is 62.2 Å². The monoisotopic (exact) mass is 370 g/mol. The van der Waals surface area contributed by atoms with Gasteiger partial charge in [0, 0.05) is 32.7 Å². The molecule has 0 unspecified atom stereocenters. The van der Waals surface area contributed by atoms with Gasteiger partial charge in [-0.3, -0.25) is 4.90 Å². The molecule has 1 saturated carbocycles. The zero-order chi connectivity index (χ0) is 19.1. The van der Waals surface area contributed by atoms with E-state index < -0.39 is 6.10 Å². The first kappa shape index (κ1) is 21.5. The number of piperazine rings is 1. The summed E-state index contributed by atoms with van der Waals surface area (Å²) in [6, 6.07) is 0. The zero-order valence-corrected chi connectivity index (χ0v) is 17.0. The summed E-state index contributed by atoms with van der Waals surface area (Å²) in [7, 11) is 0. The Bertz CT molecular complexity index is 424. The highest BCUT2D eigenvalue weighted by Gasteiger charge is 2.32. The summed E-state index contributed by atoms with van der Waals surface area (Å²) < 4.78 is 11.2. The van der Waals surface area contributed by atoms with Crippen LogP contribution >= 0.6 is 0 Å². The van der Waals surface area contributed by atoms with E-state index in [1.807, 2.05) is 6.92 Å². The summed E-state index contributed by atoms with van der Waals surface area (Å²) in [6.45, 7) is 12.9. The lowest BCUT2D eigenvalue weighted by Gasteiger charge is -2.38. The van der Waals surface area contributed by atoms with Crippen LogP contribution in [0.15, 0.2) is 0 Å². The minimum atomic E-state index is -0.478. The van der Waals surface area contributed by atoms with E-state index in [9.17, 15) is 9.90 Å². The van der Waals surface area contributed by atoms with Gasteiger partial charge in [-0.25, -0.2) is 4.79 Å². The number of β-amino-alcohol motifs (C(OH)–C–C–N with tert-alkyl or cyclic N) is 1. The van der Waals surface area contributed by atoms with Gasteiger partial charge in [-0.2, -0.15) is 0 Å². The van der Waals surface area contributed by atoms with E-state index in [1.165, 1.54) is 12.8 Å². The number of carbonyl (C=O) groups excluding carboxylic acids is 1. The maximum Gasteiger partial charge on any atom is 0.409 e. The van der Waals surface area contributed by atoms with Crippen LogP contribution in [0.25, 0.3) is 0 Å². The molecule has 1 aliphatic heterocycles. The molecule has 1 amide bonds. The van der Waals surface area contributed by atoms with Gasteiger partial charge in [-0.1, -0.05) is 27.2 Å². The highest BCUT2D eigenvalue weighted by atomic mass is 16.6. The van der Waals surface area contributed by atoms with Crippen LogP contribution in [0.1, 0.15) is 47.0 Å². The Morgan fingerprint density at radius 1 is 1.19 bits per heavy atom. The van der Waals surface area contributed by atoms with E-state index in [2.05, 4.69) is 25.7 Å². The normalized spacial score (nSPS) is 29.0. The van der Waals surface area contributed by atoms with E-state index in [0.717, 1.165) is 19.5 Å². The first-order chi connectivity index (χ1) is 12.4. The molecule has 0 aromatic rings. The number of aliphatic hydroxyl groups is 1. The van der Waals surface area contributed by atoms with Crippen LogP contribution < -0.4 is 0 Å². The molecular formula is C20H38N2O4. The van der Waals surface area contributed by atoms with E-state index in [4.69, 9.17) is 9.47 Å². The molecule has 26 heavy (non-hydrogen) atoms. The second kappa shape index (κ2) is 10.5. The number of hydrogen-bond donors (Lipinski definition) is 1. The molecule has 1 saturated heterocycles. The van der Waals surface area contributed by atoms with Gasteiger partial charge in [0.2, 0.25) is 0 Å². The average Bonchev–Trinajstić information content (AvgIpc) is 2.60. The van der Waals surface area contributed by atoms with Crippen molar-refractivity contribution in [3.63, 3.8) is 0 Å². The Morgan fingerprint density at radius 3 is 2.50 bits per heavy atom. The van der Waals surface area contributed by atoms with E-state index >= 15 is 0 Å². The molecule has 1 aliphatic carbocycles. The minimum absolute atomic E-state index is 0.234. The molecule has 1 N–H and O–H groups in total. The maximum absolute atomic E-state index is 11.7. The van der Waals surface area contributed by atoms with Crippen LogP contribution in [0.3, 0.4) is 0 Å². The van der Waals surface area contributed by atoms with Crippen LogP contribution in [-0.2, 0) is 9.47 Å². The van der Waals surface area contributed by atoms with E-state index in [1.54, 1.807) is 4.90 Å². The van der Waals surface area contributed by atoms with Gasteiger partial charge in [-0.05, 0) is 37.5 Å². The molecule has 0 spiro atoms. The predicted octanol–water partition coefficient (Wildman–Crippen LogP) is 2.60. The quantitative estimate of drug-likeness (QED) is 0.746. The molecule has 2 rings (SSSR count). The van der Waals surface area contributed by atoms with Crippen molar-refractivity contribution in [1.29, 1.82) is 0 Å².